The molecule has 1 amide bonds. The molecule has 3 nitrogen and oxygen atoms in total. The molecule has 0 saturated heterocycles. The molecular weight excluding hydrogens is 224 g/mol. The van der Waals surface area contributed by atoms with E-state index in [0.717, 1.165) is 24.8 Å². The Kier molecular flexibility index (Phi) is 7.77. The zero-order valence-corrected chi connectivity index (χ0v) is 11.2. The van der Waals surface area contributed by atoms with E-state index >= 15 is 0 Å². The van der Waals surface area contributed by atoms with Crippen molar-refractivity contribution in [3.63, 3.8) is 0 Å². The molecule has 3 N–H and O–H groups in total. The summed E-state index contributed by atoms with van der Waals surface area (Å²) in [6.45, 7) is 4.84. The van der Waals surface area contributed by atoms with Gasteiger partial charge in [-0.3, -0.25) is 4.79 Å². The average Bonchev–Trinajstić information content (AvgIpc) is 2.17. The Labute approximate surface area is 105 Å². The molecule has 1 fully saturated rings. The molecule has 3 atom stereocenters. The molecule has 16 heavy (non-hydrogen) atoms. The van der Waals surface area contributed by atoms with Gasteiger partial charge in [0.2, 0.25) is 5.91 Å². The lowest BCUT2D eigenvalue weighted by Gasteiger charge is -2.26. The number of nitrogens with two attached hydrogens (primary N) is 1. The molecule has 1 rings (SSSR count). The lowest BCUT2D eigenvalue weighted by Crippen LogP contribution is -2.39. The van der Waals surface area contributed by atoms with Crippen LogP contribution in [0.1, 0.15) is 46.0 Å². The van der Waals surface area contributed by atoms with Crippen LogP contribution in [-0.2, 0) is 4.79 Å². The topological polar surface area (TPSA) is 55.1 Å². The Bertz CT molecular complexity index is 209. The van der Waals surface area contributed by atoms with E-state index in [-0.39, 0.29) is 24.4 Å². The molecule has 4 heteroatoms. The minimum Gasteiger partial charge on any atom is -0.355 e. The molecule has 1 aliphatic carbocycles. The van der Waals surface area contributed by atoms with Crippen LogP contribution in [-0.4, -0.2) is 18.5 Å². The number of halogens is 1. The van der Waals surface area contributed by atoms with Crippen molar-refractivity contribution in [2.24, 2.45) is 17.6 Å². The Morgan fingerprint density at radius 1 is 1.50 bits per heavy atom. The SMILES string of the molecule is CC1CCCC(CCNC(=O)[C@H](C)N)C1.Cl. The molecular formula is C12H25ClN2O. The molecule has 0 aromatic carbocycles. The van der Waals surface area contributed by atoms with E-state index in [1.165, 1.54) is 25.7 Å². The molecule has 0 heterocycles. The number of rotatable bonds is 4. The zero-order chi connectivity index (χ0) is 11.3. The Morgan fingerprint density at radius 2 is 2.19 bits per heavy atom. The maximum Gasteiger partial charge on any atom is 0.236 e. The smallest absolute Gasteiger partial charge is 0.236 e. The summed E-state index contributed by atoms with van der Waals surface area (Å²) in [4.78, 5) is 11.2. The van der Waals surface area contributed by atoms with Gasteiger partial charge in [-0.15, -0.1) is 12.4 Å². The second kappa shape index (κ2) is 7.91. The third-order valence-corrected chi connectivity index (χ3v) is 3.31. The lowest BCUT2D eigenvalue weighted by atomic mass is 9.81. The number of nitrogens with one attached hydrogen (secondary N) is 1. The van der Waals surface area contributed by atoms with E-state index in [2.05, 4.69) is 12.2 Å². The number of hydrogen-bond acceptors (Lipinski definition) is 2. The van der Waals surface area contributed by atoms with E-state index in [1.807, 2.05) is 0 Å². The molecule has 96 valence electrons. The number of carbonyl (C=O) groups excluding carboxylic acids is 1. The number of carbonyl (C=O) groups is 1. The summed E-state index contributed by atoms with van der Waals surface area (Å²) < 4.78 is 0. The van der Waals surface area contributed by atoms with Crippen LogP contribution in [0.25, 0.3) is 0 Å². The van der Waals surface area contributed by atoms with Gasteiger partial charge >= 0.3 is 0 Å². The van der Waals surface area contributed by atoms with Crippen LogP contribution in [0.2, 0.25) is 0 Å². The van der Waals surface area contributed by atoms with Crippen LogP contribution < -0.4 is 11.1 Å². The van der Waals surface area contributed by atoms with E-state index in [9.17, 15) is 4.79 Å². The van der Waals surface area contributed by atoms with Crippen LogP contribution in [0, 0.1) is 11.8 Å². The first-order valence-electron chi connectivity index (χ1n) is 6.13. The molecule has 1 aliphatic rings. The maximum absolute atomic E-state index is 11.2. The van der Waals surface area contributed by atoms with Crippen molar-refractivity contribution in [3.05, 3.63) is 0 Å². The van der Waals surface area contributed by atoms with Crippen molar-refractivity contribution in [2.45, 2.75) is 52.0 Å². The second-order valence-corrected chi connectivity index (χ2v) is 5.01. The highest BCUT2D eigenvalue weighted by Crippen LogP contribution is 2.30. The Morgan fingerprint density at radius 3 is 2.75 bits per heavy atom. The van der Waals surface area contributed by atoms with E-state index in [4.69, 9.17) is 5.73 Å². The van der Waals surface area contributed by atoms with E-state index in [0.29, 0.717) is 0 Å². The monoisotopic (exact) mass is 248 g/mol. The third-order valence-electron chi connectivity index (χ3n) is 3.31. The second-order valence-electron chi connectivity index (χ2n) is 5.01. The summed E-state index contributed by atoms with van der Waals surface area (Å²) in [5.74, 6) is 1.65. The van der Waals surface area contributed by atoms with Crippen LogP contribution >= 0.6 is 12.4 Å². The minimum absolute atomic E-state index is 0. The summed E-state index contributed by atoms with van der Waals surface area (Å²) in [6, 6.07) is -0.379. The summed E-state index contributed by atoms with van der Waals surface area (Å²) in [5.41, 5.74) is 5.47. The van der Waals surface area contributed by atoms with Crippen LogP contribution in [0.5, 0.6) is 0 Å². The molecule has 0 radical (unpaired) electrons. The van der Waals surface area contributed by atoms with Crippen LogP contribution in [0.3, 0.4) is 0 Å². The molecule has 0 aromatic rings. The molecule has 0 aromatic heterocycles. The van der Waals surface area contributed by atoms with Crippen LogP contribution in [0.15, 0.2) is 0 Å². The summed E-state index contributed by atoms with van der Waals surface area (Å²) in [7, 11) is 0. The van der Waals surface area contributed by atoms with Gasteiger partial charge in [0.05, 0.1) is 6.04 Å². The van der Waals surface area contributed by atoms with Gasteiger partial charge in [-0.25, -0.2) is 0 Å². The van der Waals surface area contributed by atoms with Gasteiger partial charge in [0.1, 0.15) is 0 Å². The first-order valence-corrected chi connectivity index (χ1v) is 6.13. The van der Waals surface area contributed by atoms with Gasteiger partial charge < -0.3 is 11.1 Å². The molecule has 0 spiro atoms. The summed E-state index contributed by atoms with van der Waals surface area (Å²) >= 11 is 0. The van der Waals surface area contributed by atoms with Gasteiger partial charge in [-0.1, -0.05) is 26.2 Å². The highest BCUT2D eigenvalue weighted by atomic mass is 35.5. The molecule has 1 saturated carbocycles. The summed E-state index contributed by atoms with van der Waals surface area (Å²) in [6.07, 6.45) is 6.50. The van der Waals surface area contributed by atoms with Crippen molar-refractivity contribution >= 4 is 18.3 Å². The largest absolute Gasteiger partial charge is 0.355 e. The quantitative estimate of drug-likeness (QED) is 0.801. The predicted molar refractivity (Wildman–Crippen MR) is 69.6 cm³/mol. The van der Waals surface area contributed by atoms with E-state index in [1.54, 1.807) is 6.92 Å². The van der Waals surface area contributed by atoms with Gasteiger partial charge in [0, 0.05) is 6.54 Å². The standard InChI is InChI=1S/C12H24N2O.ClH/c1-9-4-3-5-11(8-9)6-7-14-12(15)10(2)13;/h9-11H,3-8,13H2,1-2H3,(H,14,15);1H/t9?,10-,11?;/m0./s1. The van der Waals surface area contributed by atoms with Gasteiger partial charge in [0.25, 0.3) is 0 Å². The normalized spacial score (nSPS) is 26.7. The van der Waals surface area contributed by atoms with Gasteiger partial charge in [-0.2, -0.15) is 0 Å². The Hall–Kier alpha value is -0.280. The fourth-order valence-corrected chi connectivity index (χ4v) is 2.38. The highest BCUT2D eigenvalue weighted by molar-refractivity contribution is 5.85. The minimum atomic E-state index is -0.379. The highest BCUT2D eigenvalue weighted by Gasteiger charge is 2.18. The van der Waals surface area contributed by atoms with E-state index < -0.39 is 0 Å². The Balaban J connectivity index is 0.00000225. The maximum atomic E-state index is 11.2. The van der Waals surface area contributed by atoms with Gasteiger partial charge in [0.15, 0.2) is 0 Å². The molecule has 2 unspecified atom stereocenters. The number of hydrogen-bond donors (Lipinski definition) is 2. The first kappa shape index (κ1) is 15.7. The van der Waals surface area contributed by atoms with Crippen molar-refractivity contribution in [2.75, 3.05) is 6.54 Å². The summed E-state index contributed by atoms with van der Waals surface area (Å²) in [5, 5.41) is 2.88. The first-order chi connectivity index (χ1) is 7.09. The predicted octanol–water partition coefficient (Wildman–Crippen LogP) is 2.09. The van der Waals surface area contributed by atoms with Crippen LogP contribution in [0.4, 0.5) is 0 Å². The molecule has 0 aliphatic heterocycles. The van der Waals surface area contributed by atoms with Gasteiger partial charge in [-0.05, 0) is 31.6 Å². The zero-order valence-electron chi connectivity index (χ0n) is 10.4. The lowest BCUT2D eigenvalue weighted by molar-refractivity contribution is -0.122. The van der Waals surface area contributed by atoms with Crippen molar-refractivity contribution < 1.29 is 4.79 Å². The fourth-order valence-electron chi connectivity index (χ4n) is 2.38. The van der Waals surface area contributed by atoms with Crippen molar-refractivity contribution in [1.82, 2.24) is 5.32 Å². The third kappa shape index (κ3) is 5.71. The molecule has 0 bridgehead atoms. The average molecular weight is 249 g/mol. The van der Waals surface area contributed by atoms with Crippen molar-refractivity contribution in [3.8, 4) is 0 Å². The fraction of sp³-hybridized carbons (Fsp3) is 0.917. The number of amides is 1. The van der Waals surface area contributed by atoms with Crippen molar-refractivity contribution in [1.29, 1.82) is 0 Å².